The number of allylic oxidation sites excluding steroid dienone is 1. The van der Waals surface area contributed by atoms with Crippen LogP contribution in [0.5, 0.6) is 0 Å². The number of aryl methyl sites for hydroxylation is 1. The quantitative estimate of drug-likeness (QED) is 0.634. The van der Waals surface area contributed by atoms with Crippen molar-refractivity contribution in [1.82, 2.24) is 0 Å². The predicted molar refractivity (Wildman–Crippen MR) is 61.7 cm³/mol. The van der Waals surface area contributed by atoms with Crippen LogP contribution < -0.4 is 0 Å². The summed E-state index contributed by atoms with van der Waals surface area (Å²) < 4.78 is 0. The highest BCUT2D eigenvalue weighted by molar-refractivity contribution is 8.25. The lowest BCUT2D eigenvalue weighted by atomic mass is 9.97. The highest BCUT2D eigenvalue weighted by Crippen LogP contribution is 2.50. The van der Waals surface area contributed by atoms with Crippen LogP contribution in [0.1, 0.15) is 17.5 Å². The van der Waals surface area contributed by atoms with Crippen molar-refractivity contribution >= 4 is 28.4 Å². The first-order valence-corrected chi connectivity index (χ1v) is 6.49. The molecule has 0 radical (unpaired) electrons. The number of benzene rings is 1. The number of fused-ring (bicyclic) bond motifs is 2. The van der Waals surface area contributed by atoms with Gasteiger partial charge in [0.05, 0.1) is 0 Å². The molecule has 0 N–H and O–H groups in total. The van der Waals surface area contributed by atoms with Gasteiger partial charge in [-0.25, -0.2) is 0 Å². The molecule has 2 heteroatoms. The highest BCUT2D eigenvalue weighted by atomic mass is 32.2. The van der Waals surface area contributed by atoms with Crippen LogP contribution in [0.25, 0.3) is 4.91 Å². The van der Waals surface area contributed by atoms with Gasteiger partial charge in [0.2, 0.25) is 0 Å². The van der Waals surface area contributed by atoms with Gasteiger partial charge in [-0.2, -0.15) is 0 Å². The molecule has 0 spiro atoms. The summed E-state index contributed by atoms with van der Waals surface area (Å²) in [4.78, 5) is 3.19. The smallest absolute Gasteiger partial charge is 0.0484 e. The van der Waals surface area contributed by atoms with Gasteiger partial charge in [-0.1, -0.05) is 24.3 Å². The van der Waals surface area contributed by atoms with Crippen molar-refractivity contribution in [2.45, 2.75) is 12.8 Å². The Kier molecular flexibility index (Phi) is 1.91. The minimum atomic E-state index is 1.22. The average molecular weight is 206 g/mol. The number of rotatable bonds is 0. The first-order valence-electron chi connectivity index (χ1n) is 4.52. The van der Waals surface area contributed by atoms with E-state index < -0.39 is 0 Å². The average Bonchev–Trinajstić information content (AvgIpc) is 2.65. The van der Waals surface area contributed by atoms with Crippen molar-refractivity contribution in [1.29, 1.82) is 0 Å². The minimum absolute atomic E-state index is 1.22. The van der Waals surface area contributed by atoms with E-state index in [0.717, 1.165) is 0 Å². The van der Waals surface area contributed by atoms with E-state index in [1.165, 1.54) is 29.1 Å². The Morgan fingerprint density at radius 2 is 1.92 bits per heavy atom. The summed E-state index contributed by atoms with van der Waals surface area (Å²) in [6, 6.07) is 8.83. The normalized spacial score (nSPS) is 20.0. The van der Waals surface area contributed by atoms with Gasteiger partial charge in [0.1, 0.15) is 0 Å². The van der Waals surface area contributed by atoms with Crippen molar-refractivity contribution in [3.8, 4) is 0 Å². The Morgan fingerprint density at radius 1 is 1.00 bits per heavy atom. The van der Waals surface area contributed by atoms with E-state index in [0.29, 0.717) is 0 Å². The van der Waals surface area contributed by atoms with Gasteiger partial charge >= 0.3 is 0 Å². The Morgan fingerprint density at radius 3 is 2.92 bits per heavy atom. The van der Waals surface area contributed by atoms with E-state index >= 15 is 0 Å². The molecule has 0 atom stereocenters. The summed E-state index contributed by atoms with van der Waals surface area (Å²) in [7, 11) is 0. The second kappa shape index (κ2) is 3.10. The first-order chi connectivity index (χ1) is 6.45. The maximum absolute atomic E-state index is 2.27. The van der Waals surface area contributed by atoms with Gasteiger partial charge in [0, 0.05) is 14.9 Å². The van der Waals surface area contributed by atoms with Gasteiger partial charge in [-0.15, -0.1) is 23.5 Å². The van der Waals surface area contributed by atoms with Crippen molar-refractivity contribution in [2.75, 3.05) is 5.08 Å². The molecule has 1 heterocycles. The molecular formula is C11H10S2. The molecule has 66 valence electrons. The Bertz CT molecular complexity index is 379. The molecule has 1 aliphatic carbocycles. The molecule has 13 heavy (non-hydrogen) atoms. The number of hydrogen-bond donors (Lipinski definition) is 0. The van der Waals surface area contributed by atoms with Crippen molar-refractivity contribution < 1.29 is 0 Å². The van der Waals surface area contributed by atoms with E-state index in [1.807, 2.05) is 23.5 Å². The fourth-order valence-corrected chi connectivity index (χ4v) is 4.66. The van der Waals surface area contributed by atoms with E-state index in [1.54, 1.807) is 9.81 Å². The zero-order valence-corrected chi connectivity index (χ0v) is 8.88. The zero-order chi connectivity index (χ0) is 8.67. The number of hydrogen-bond acceptors (Lipinski definition) is 2. The standard InChI is InChI=1S/C11H10S2/c1-2-4-9-8(3-1)5-6-10-11(9)13-7-12-10/h1-4H,5-7H2. The Balaban J connectivity index is 2.18. The minimum Gasteiger partial charge on any atom is -0.118 e. The van der Waals surface area contributed by atoms with Crippen LogP contribution in [0.15, 0.2) is 29.2 Å². The van der Waals surface area contributed by atoms with Crippen molar-refractivity contribution in [3.63, 3.8) is 0 Å². The van der Waals surface area contributed by atoms with Gasteiger partial charge in [-0.3, -0.25) is 0 Å². The molecule has 1 aromatic carbocycles. The fraction of sp³-hybridized carbons (Fsp3) is 0.273. The van der Waals surface area contributed by atoms with E-state index in [2.05, 4.69) is 24.3 Å². The lowest BCUT2D eigenvalue weighted by Crippen LogP contribution is -1.98. The molecule has 0 nitrogen and oxygen atoms in total. The summed E-state index contributed by atoms with van der Waals surface area (Å²) in [5, 5.41) is 1.22. The molecule has 1 aliphatic heterocycles. The second-order valence-electron chi connectivity index (χ2n) is 3.32. The topological polar surface area (TPSA) is 0 Å². The third-order valence-corrected chi connectivity index (χ3v) is 5.16. The van der Waals surface area contributed by atoms with E-state index in [4.69, 9.17) is 0 Å². The summed E-state index contributed by atoms with van der Waals surface area (Å²) in [5.74, 6) is 0. The van der Waals surface area contributed by atoms with Crippen LogP contribution in [-0.2, 0) is 6.42 Å². The van der Waals surface area contributed by atoms with Gasteiger partial charge in [0.15, 0.2) is 0 Å². The second-order valence-corrected chi connectivity index (χ2v) is 5.74. The van der Waals surface area contributed by atoms with Crippen molar-refractivity contribution in [2.24, 2.45) is 0 Å². The van der Waals surface area contributed by atoms with Gasteiger partial charge < -0.3 is 0 Å². The molecule has 0 fully saturated rings. The predicted octanol–water partition coefficient (Wildman–Crippen LogP) is 3.74. The lowest BCUT2D eigenvalue weighted by Gasteiger charge is -2.16. The van der Waals surface area contributed by atoms with E-state index in [-0.39, 0.29) is 0 Å². The number of thioether (sulfide) groups is 2. The van der Waals surface area contributed by atoms with Crippen LogP contribution in [-0.4, -0.2) is 5.08 Å². The molecule has 0 amide bonds. The lowest BCUT2D eigenvalue weighted by molar-refractivity contribution is 0.972. The highest BCUT2D eigenvalue weighted by Gasteiger charge is 2.23. The molecule has 0 unspecified atom stereocenters. The summed E-state index contributed by atoms with van der Waals surface area (Å²) >= 11 is 4.04. The van der Waals surface area contributed by atoms with Crippen LogP contribution in [0.2, 0.25) is 0 Å². The summed E-state index contributed by atoms with van der Waals surface area (Å²) in [5.41, 5.74) is 3.04. The SMILES string of the molecule is c1ccc2c(c1)CCC1=C2SCS1. The molecule has 0 saturated carbocycles. The largest absolute Gasteiger partial charge is 0.118 e. The summed E-state index contributed by atoms with van der Waals surface area (Å²) in [6.45, 7) is 0. The molecule has 0 saturated heterocycles. The zero-order valence-electron chi connectivity index (χ0n) is 7.25. The maximum Gasteiger partial charge on any atom is 0.0484 e. The van der Waals surface area contributed by atoms with Gasteiger partial charge in [0.25, 0.3) is 0 Å². The van der Waals surface area contributed by atoms with Gasteiger partial charge in [-0.05, 0) is 24.0 Å². The molecule has 2 aliphatic rings. The Labute approximate surface area is 86.8 Å². The summed E-state index contributed by atoms with van der Waals surface area (Å²) in [6.07, 6.45) is 2.51. The van der Waals surface area contributed by atoms with Crippen molar-refractivity contribution in [3.05, 3.63) is 40.3 Å². The van der Waals surface area contributed by atoms with Crippen LogP contribution in [0.3, 0.4) is 0 Å². The molecule has 1 aromatic rings. The van der Waals surface area contributed by atoms with Crippen LogP contribution >= 0.6 is 23.5 Å². The van der Waals surface area contributed by atoms with E-state index in [9.17, 15) is 0 Å². The molecule has 3 rings (SSSR count). The monoisotopic (exact) mass is 206 g/mol. The Hall–Kier alpha value is -0.340. The van der Waals surface area contributed by atoms with Crippen LogP contribution in [0, 0.1) is 0 Å². The van der Waals surface area contributed by atoms with Crippen LogP contribution in [0.4, 0.5) is 0 Å². The molecule has 0 bridgehead atoms. The third kappa shape index (κ3) is 1.24. The maximum atomic E-state index is 2.27. The third-order valence-electron chi connectivity index (χ3n) is 2.57. The first kappa shape index (κ1) is 8.01. The fourth-order valence-electron chi connectivity index (χ4n) is 1.93. The molecular weight excluding hydrogens is 196 g/mol. The molecule has 0 aromatic heterocycles.